The Labute approximate surface area is 55.2 Å². The van der Waals surface area contributed by atoms with Crippen LogP contribution in [0, 0.1) is 0 Å². The van der Waals surface area contributed by atoms with Gasteiger partial charge in [0.15, 0.2) is 5.78 Å². The maximum absolute atomic E-state index is 10.7. The molecular weight excluding hydrogens is 114 g/mol. The third-order valence-corrected chi connectivity index (χ3v) is 1.42. The van der Waals surface area contributed by atoms with Crippen LogP contribution in [0.1, 0.15) is 13.8 Å². The number of allylic oxidation sites excluding steroid dienone is 2. The number of hydrogen-bond acceptors (Lipinski definition) is 2. The van der Waals surface area contributed by atoms with Crippen LogP contribution in [0.5, 0.6) is 0 Å². The minimum absolute atomic E-state index is 0.176. The molecule has 0 spiro atoms. The predicted octanol–water partition coefficient (Wildman–Crippen LogP) is 0.795. The minimum atomic E-state index is 0.176. The molecule has 0 amide bonds. The summed E-state index contributed by atoms with van der Waals surface area (Å²) in [5.74, 6) is 0.176. The highest BCUT2D eigenvalue weighted by atomic mass is 16.1. The van der Waals surface area contributed by atoms with E-state index in [4.69, 9.17) is 0 Å². The van der Waals surface area contributed by atoms with Crippen LogP contribution in [0.4, 0.5) is 0 Å². The number of Topliss-reactive ketones (excluding diaryl/α,β-unsaturated/α-hetero) is 1. The summed E-state index contributed by atoms with van der Waals surface area (Å²) in [5, 5.41) is 0. The van der Waals surface area contributed by atoms with E-state index in [9.17, 15) is 4.79 Å². The first kappa shape index (κ1) is 6.33. The van der Waals surface area contributed by atoms with E-state index in [0.29, 0.717) is 0 Å². The highest BCUT2D eigenvalue weighted by molar-refractivity contribution is 5.92. The molecule has 0 aromatic heterocycles. The third-order valence-electron chi connectivity index (χ3n) is 1.42. The molecule has 0 N–H and O–H groups in total. The van der Waals surface area contributed by atoms with Gasteiger partial charge < -0.3 is 4.90 Å². The van der Waals surface area contributed by atoms with Crippen LogP contribution < -0.4 is 0 Å². The number of carbonyl (C=O) groups excluding carboxylic acids is 1. The zero-order valence-corrected chi connectivity index (χ0v) is 5.85. The van der Waals surface area contributed by atoms with E-state index in [-0.39, 0.29) is 5.78 Å². The van der Waals surface area contributed by atoms with Crippen molar-refractivity contribution in [2.24, 2.45) is 0 Å². The molecule has 9 heavy (non-hydrogen) atoms. The van der Waals surface area contributed by atoms with Gasteiger partial charge in [-0.3, -0.25) is 4.79 Å². The quantitative estimate of drug-likeness (QED) is 0.401. The smallest absolute Gasteiger partial charge is 0.175 e. The number of hydrogen-bond donors (Lipinski definition) is 0. The monoisotopic (exact) mass is 125 g/mol. The first-order valence-corrected chi connectivity index (χ1v) is 3.18. The first-order chi connectivity index (χ1) is 4.25. The molecule has 1 rings (SSSR count). The molecule has 1 saturated heterocycles. The number of nitrogens with zero attached hydrogens (tertiary/aromatic N) is 1. The van der Waals surface area contributed by atoms with Crippen molar-refractivity contribution in [1.82, 2.24) is 4.90 Å². The first-order valence-electron chi connectivity index (χ1n) is 3.18. The second-order valence-corrected chi connectivity index (χ2v) is 2.22. The van der Waals surface area contributed by atoms with Gasteiger partial charge in [-0.05, 0) is 6.92 Å². The molecule has 0 saturated carbocycles. The molecule has 0 bridgehead atoms. The zero-order valence-electron chi connectivity index (χ0n) is 5.85. The molecule has 1 aliphatic rings. The van der Waals surface area contributed by atoms with E-state index in [2.05, 4.69) is 4.90 Å². The molecule has 0 aromatic carbocycles. The maximum Gasteiger partial charge on any atom is 0.175 e. The average Bonchev–Trinajstić information content (AvgIpc) is 2.50. The molecule has 1 heterocycles. The number of ketones is 1. The Morgan fingerprint density at radius 1 is 1.56 bits per heavy atom. The molecule has 0 unspecified atom stereocenters. The van der Waals surface area contributed by atoms with E-state index in [0.717, 1.165) is 18.8 Å². The molecule has 1 aliphatic heterocycles. The Kier molecular flexibility index (Phi) is 1.56. The average molecular weight is 125 g/mol. The van der Waals surface area contributed by atoms with Gasteiger partial charge in [-0.15, -0.1) is 0 Å². The topological polar surface area (TPSA) is 20.1 Å². The SMILES string of the molecule is C/C=C(\C(C)=O)N1CC1. The Hall–Kier alpha value is -0.790. The highest BCUT2D eigenvalue weighted by Crippen LogP contribution is 2.14. The van der Waals surface area contributed by atoms with Crippen LogP contribution in [0.15, 0.2) is 11.8 Å². The fourth-order valence-electron chi connectivity index (χ4n) is 0.899. The van der Waals surface area contributed by atoms with Crippen LogP contribution in [0.3, 0.4) is 0 Å². The normalized spacial score (nSPS) is 18.0. The number of carbonyl (C=O) groups is 1. The lowest BCUT2D eigenvalue weighted by atomic mass is 10.3. The second-order valence-electron chi connectivity index (χ2n) is 2.22. The van der Waals surface area contributed by atoms with Gasteiger partial charge in [-0.2, -0.15) is 0 Å². The molecule has 50 valence electrons. The largest absolute Gasteiger partial charge is 0.365 e. The Bertz CT molecular complexity index is 156. The summed E-state index contributed by atoms with van der Waals surface area (Å²) in [6, 6.07) is 0. The van der Waals surface area contributed by atoms with Gasteiger partial charge >= 0.3 is 0 Å². The molecule has 2 heteroatoms. The number of rotatable bonds is 2. The van der Waals surface area contributed by atoms with E-state index in [1.54, 1.807) is 6.92 Å². The van der Waals surface area contributed by atoms with Crippen molar-refractivity contribution < 1.29 is 4.79 Å². The Morgan fingerprint density at radius 2 is 2.11 bits per heavy atom. The van der Waals surface area contributed by atoms with E-state index >= 15 is 0 Å². The van der Waals surface area contributed by atoms with Crippen molar-refractivity contribution in [2.75, 3.05) is 13.1 Å². The summed E-state index contributed by atoms with van der Waals surface area (Å²) < 4.78 is 0. The standard InChI is InChI=1S/C7H11NO/c1-3-7(6(2)9)8-4-5-8/h3H,4-5H2,1-2H3/b7-3+. The Balaban J connectivity index is 2.59. The van der Waals surface area contributed by atoms with Crippen molar-refractivity contribution in [1.29, 1.82) is 0 Å². The molecule has 0 aromatic rings. The van der Waals surface area contributed by atoms with Crippen molar-refractivity contribution >= 4 is 5.78 Å². The van der Waals surface area contributed by atoms with Crippen LogP contribution in [0.2, 0.25) is 0 Å². The molecule has 0 radical (unpaired) electrons. The van der Waals surface area contributed by atoms with Crippen LogP contribution in [-0.2, 0) is 4.79 Å². The van der Waals surface area contributed by atoms with Crippen LogP contribution in [0.25, 0.3) is 0 Å². The molecule has 2 nitrogen and oxygen atoms in total. The lowest BCUT2D eigenvalue weighted by molar-refractivity contribution is -0.114. The summed E-state index contributed by atoms with van der Waals surface area (Å²) in [4.78, 5) is 12.8. The van der Waals surface area contributed by atoms with Gasteiger partial charge in [0.05, 0.1) is 5.70 Å². The highest BCUT2D eigenvalue weighted by Gasteiger charge is 2.22. The summed E-state index contributed by atoms with van der Waals surface area (Å²) in [6.07, 6.45) is 1.87. The summed E-state index contributed by atoms with van der Waals surface area (Å²) in [7, 11) is 0. The van der Waals surface area contributed by atoms with E-state index in [1.807, 2.05) is 13.0 Å². The minimum Gasteiger partial charge on any atom is -0.365 e. The fraction of sp³-hybridized carbons (Fsp3) is 0.571. The summed E-state index contributed by atoms with van der Waals surface area (Å²) in [5.41, 5.74) is 0.870. The van der Waals surface area contributed by atoms with Gasteiger partial charge in [0, 0.05) is 20.0 Å². The second kappa shape index (κ2) is 2.21. The van der Waals surface area contributed by atoms with Gasteiger partial charge in [0.1, 0.15) is 0 Å². The van der Waals surface area contributed by atoms with Crippen molar-refractivity contribution in [3.8, 4) is 0 Å². The zero-order chi connectivity index (χ0) is 6.85. The lowest BCUT2D eigenvalue weighted by Crippen LogP contribution is -2.05. The summed E-state index contributed by atoms with van der Waals surface area (Å²) in [6.45, 7) is 5.61. The molecule has 1 fully saturated rings. The molecule has 0 aliphatic carbocycles. The third kappa shape index (κ3) is 1.31. The van der Waals surface area contributed by atoms with Gasteiger partial charge in [-0.25, -0.2) is 0 Å². The van der Waals surface area contributed by atoms with Crippen molar-refractivity contribution in [3.05, 3.63) is 11.8 Å². The molecular formula is C7H11NO. The van der Waals surface area contributed by atoms with Gasteiger partial charge in [-0.1, -0.05) is 6.08 Å². The lowest BCUT2D eigenvalue weighted by Gasteiger charge is -2.01. The molecule has 0 atom stereocenters. The van der Waals surface area contributed by atoms with Crippen LogP contribution >= 0.6 is 0 Å². The van der Waals surface area contributed by atoms with Gasteiger partial charge in [0.25, 0.3) is 0 Å². The maximum atomic E-state index is 10.7. The van der Waals surface area contributed by atoms with Crippen molar-refractivity contribution in [2.45, 2.75) is 13.8 Å². The van der Waals surface area contributed by atoms with E-state index < -0.39 is 0 Å². The van der Waals surface area contributed by atoms with Gasteiger partial charge in [0.2, 0.25) is 0 Å². The van der Waals surface area contributed by atoms with E-state index in [1.165, 1.54) is 0 Å². The summed E-state index contributed by atoms with van der Waals surface area (Å²) >= 11 is 0. The van der Waals surface area contributed by atoms with Crippen LogP contribution in [-0.4, -0.2) is 23.8 Å². The van der Waals surface area contributed by atoms with Crippen molar-refractivity contribution in [3.63, 3.8) is 0 Å². The predicted molar refractivity (Wildman–Crippen MR) is 36.0 cm³/mol. The Morgan fingerprint density at radius 3 is 2.22 bits per heavy atom. The fourth-order valence-corrected chi connectivity index (χ4v) is 0.899.